The number of sulfone groups is 1. The summed E-state index contributed by atoms with van der Waals surface area (Å²) >= 11 is 1.37. The predicted octanol–water partition coefficient (Wildman–Crippen LogP) is 4.31. The van der Waals surface area contributed by atoms with E-state index in [1.807, 2.05) is 37.4 Å². The van der Waals surface area contributed by atoms with Crippen molar-refractivity contribution in [2.24, 2.45) is 0 Å². The number of carbonyl (C=O) groups excluding carboxylic acids is 1. The second kappa shape index (κ2) is 8.06. The molecule has 1 aromatic heterocycles. The minimum atomic E-state index is -3.62. The number of nitrogens with one attached hydrogen (secondary N) is 1. The summed E-state index contributed by atoms with van der Waals surface area (Å²) in [5, 5.41) is 3.82. The van der Waals surface area contributed by atoms with Crippen LogP contribution in [0, 0.1) is 13.8 Å². The van der Waals surface area contributed by atoms with Crippen molar-refractivity contribution < 1.29 is 13.2 Å². The summed E-state index contributed by atoms with van der Waals surface area (Å²) in [5.74, 6) is -0.275. The highest BCUT2D eigenvalue weighted by atomic mass is 32.2. The van der Waals surface area contributed by atoms with E-state index in [-0.39, 0.29) is 17.3 Å². The fourth-order valence-corrected chi connectivity index (χ4v) is 5.59. The predicted molar refractivity (Wildman–Crippen MR) is 109 cm³/mol. The Balaban J connectivity index is 1.85. The lowest BCUT2D eigenvalue weighted by molar-refractivity contribution is 0.0953. The van der Waals surface area contributed by atoms with Gasteiger partial charge in [-0.3, -0.25) is 4.79 Å². The summed E-state index contributed by atoms with van der Waals surface area (Å²) in [7, 11) is -3.62. The molecule has 1 N–H and O–H groups in total. The monoisotopic (exact) mass is 399 g/mol. The lowest BCUT2D eigenvalue weighted by atomic mass is 10.1. The molecule has 0 aliphatic rings. The van der Waals surface area contributed by atoms with Crippen molar-refractivity contribution in [1.29, 1.82) is 0 Å². The van der Waals surface area contributed by atoms with Crippen LogP contribution in [-0.2, 0) is 9.84 Å². The van der Waals surface area contributed by atoms with Gasteiger partial charge in [0, 0.05) is 17.0 Å². The van der Waals surface area contributed by atoms with Crippen LogP contribution in [0.25, 0.3) is 0 Å². The van der Waals surface area contributed by atoms with E-state index in [1.165, 1.54) is 11.3 Å². The molecule has 4 nitrogen and oxygen atoms in total. The molecular weight excluding hydrogens is 378 g/mol. The van der Waals surface area contributed by atoms with Gasteiger partial charge in [0.2, 0.25) is 0 Å². The minimum absolute atomic E-state index is 0.0174. The van der Waals surface area contributed by atoms with Gasteiger partial charge in [0.25, 0.3) is 5.91 Å². The molecule has 1 atom stereocenters. The van der Waals surface area contributed by atoms with E-state index in [0.717, 1.165) is 11.1 Å². The smallest absolute Gasteiger partial charge is 0.251 e. The van der Waals surface area contributed by atoms with Gasteiger partial charge in [-0.2, -0.15) is 0 Å². The third-order valence-electron chi connectivity index (χ3n) is 4.52. The molecule has 0 bridgehead atoms. The van der Waals surface area contributed by atoms with Gasteiger partial charge in [0.1, 0.15) is 5.25 Å². The van der Waals surface area contributed by atoms with Gasteiger partial charge in [-0.1, -0.05) is 30.3 Å². The zero-order chi connectivity index (χ0) is 19.4. The molecule has 1 amide bonds. The molecule has 2 aromatic carbocycles. The Hall–Kier alpha value is -2.44. The third kappa shape index (κ3) is 4.28. The molecule has 1 heterocycles. The number of carbonyl (C=O) groups is 1. The fraction of sp³-hybridized carbons (Fsp3) is 0.190. The molecule has 0 aliphatic carbocycles. The van der Waals surface area contributed by atoms with Crippen molar-refractivity contribution in [3.63, 3.8) is 0 Å². The van der Waals surface area contributed by atoms with Crippen LogP contribution < -0.4 is 5.32 Å². The maximum atomic E-state index is 13.1. The Morgan fingerprint density at radius 1 is 1.00 bits per heavy atom. The van der Waals surface area contributed by atoms with Crippen LogP contribution in [-0.4, -0.2) is 20.9 Å². The molecule has 3 aromatic rings. The van der Waals surface area contributed by atoms with Crippen molar-refractivity contribution >= 4 is 27.1 Å². The van der Waals surface area contributed by atoms with E-state index >= 15 is 0 Å². The van der Waals surface area contributed by atoms with E-state index in [4.69, 9.17) is 0 Å². The highest BCUT2D eigenvalue weighted by Crippen LogP contribution is 2.31. The summed E-state index contributed by atoms with van der Waals surface area (Å²) in [6.07, 6.45) is 0. The van der Waals surface area contributed by atoms with Crippen molar-refractivity contribution in [1.82, 2.24) is 5.32 Å². The standard InChI is InChI=1S/C21H21NO3S2/c1-15-10-11-17(13-16(15)2)21(23)22-14-20(19-9-6-12-26-19)27(24,25)18-7-4-3-5-8-18/h3-13,20H,14H2,1-2H3,(H,22,23). The molecular formula is C21H21NO3S2. The fourth-order valence-electron chi connectivity index (χ4n) is 2.78. The Labute approximate surface area is 163 Å². The summed E-state index contributed by atoms with van der Waals surface area (Å²) < 4.78 is 26.3. The second-order valence-corrected chi connectivity index (χ2v) is 9.48. The molecule has 27 heavy (non-hydrogen) atoms. The molecule has 1 unspecified atom stereocenters. The topological polar surface area (TPSA) is 63.2 Å². The number of benzene rings is 2. The normalized spacial score (nSPS) is 12.5. The highest BCUT2D eigenvalue weighted by molar-refractivity contribution is 7.91. The zero-order valence-corrected chi connectivity index (χ0v) is 16.8. The summed E-state index contributed by atoms with van der Waals surface area (Å²) in [4.78, 5) is 13.5. The first kappa shape index (κ1) is 19.3. The number of thiophene rings is 1. The van der Waals surface area contributed by atoms with Gasteiger partial charge in [-0.05, 0) is 60.7 Å². The van der Waals surface area contributed by atoms with Crippen LogP contribution >= 0.6 is 11.3 Å². The zero-order valence-electron chi connectivity index (χ0n) is 15.2. The van der Waals surface area contributed by atoms with E-state index in [1.54, 1.807) is 42.5 Å². The maximum Gasteiger partial charge on any atom is 0.251 e. The van der Waals surface area contributed by atoms with Crippen molar-refractivity contribution in [3.05, 3.63) is 87.6 Å². The highest BCUT2D eigenvalue weighted by Gasteiger charge is 2.30. The molecule has 0 saturated carbocycles. The van der Waals surface area contributed by atoms with Crippen LogP contribution in [0.15, 0.2) is 70.9 Å². The van der Waals surface area contributed by atoms with E-state index in [0.29, 0.717) is 10.4 Å². The van der Waals surface area contributed by atoms with E-state index in [2.05, 4.69) is 5.32 Å². The summed E-state index contributed by atoms with van der Waals surface area (Å²) in [5.41, 5.74) is 2.66. The van der Waals surface area contributed by atoms with Gasteiger partial charge < -0.3 is 5.32 Å². The molecule has 140 valence electrons. The molecule has 0 spiro atoms. The Kier molecular flexibility index (Phi) is 5.77. The lowest BCUT2D eigenvalue weighted by Crippen LogP contribution is -2.31. The van der Waals surface area contributed by atoms with Crippen LogP contribution in [0.2, 0.25) is 0 Å². The maximum absolute atomic E-state index is 13.1. The van der Waals surface area contributed by atoms with Gasteiger partial charge >= 0.3 is 0 Å². The molecule has 0 radical (unpaired) electrons. The van der Waals surface area contributed by atoms with Gasteiger partial charge in [0.15, 0.2) is 9.84 Å². The Morgan fingerprint density at radius 2 is 1.74 bits per heavy atom. The van der Waals surface area contributed by atoms with E-state index < -0.39 is 15.1 Å². The van der Waals surface area contributed by atoms with E-state index in [9.17, 15) is 13.2 Å². The number of hydrogen-bond acceptors (Lipinski definition) is 4. The molecule has 3 rings (SSSR count). The molecule has 0 saturated heterocycles. The number of amides is 1. The van der Waals surface area contributed by atoms with Crippen molar-refractivity contribution in [2.45, 2.75) is 24.0 Å². The number of hydrogen-bond donors (Lipinski definition) is 1. The van der Waals surface area contributed by atoms with Crippen LogP contribution in [0.3, 0.4) is 0 Å². The van der Waals surface area contributed by atoms with Crippen LogP contribution in [0.4, 0.5) is 0 Å². The summed E-state index contributed by atoms with van der Waals surface area (Å²) in [6, 6.07) is 17.4. The Morgan fingerprint density at radius 3 is 2.37 bits per heavy atom. The first-order chi connectivity index (χ1) is 12.9. The van der Waals surface area contributed by atoms with Crippen molar-refractivity contribution in [3.8, 4) is 0 Å². The molecule has 6 heteroatoms. The third-order valence-corrected chi connectivity index (χ3v) is 7.76. The van der Waals surface area contributed by atoms with Gasteiger partial charge in [-0.15, -0.1) is 11.3 Å². The first-order valence-corrected chi connectivity index (χ1v) is 11.0. The quantitative estimate of drug-likeness (QED) is 0.672. The second-order valence-electron chi connectivity index (χ2n) is 6.37. The van der Waals surface area contributed by atoms with Gasteiger partial charge in [-0.25, -0.2) is 8.42 Å². The average molecular weight is 400 g/mol. The van der Waals surface area contributed by atoms with Crippen LogP contribution in [0.1, 0.15) is 31.6 Å². The molecule has 0 fully saturated rings. The van der Waals surface area contributed by atoms with Crippen molar-refractivity contribution in [2.75, 3.05) is 6.54 Å². The van der Waals surface area contributed by atoms with Gasteiger partial charge in [0.05, 0.1) is 4.90 Å². The number of aryl methyl sites for hydroxylation is 2. The summed E-state index contributed by atoms with van der Waals surface area (Å²) in [6.45, 7) is 3.94. The minimum Gasteiger partial charge on any atom is -0.350 e. The number of rotatable bonds is 6. The molecule has 0 aliphatic heterocycles. The largest absolute Gasteiger partial charge is 0.350 e. The average Bonchev–Trinajstić information content (AvgIpc) is 3.19. The first-order valence-electron chi connectivity index (χ1n) is 8.57. The van der Waals surface area contributed by atoms with Crippen LogP contribution in [0.5, 0.6) is 0 Å². The Bertz CT molecular complexity index is 1030. The lowest BCUT2D eigenvalue weighted by Gasteiger charge is -2.17. The SMILES string of the molecule is Cc1ccc(C(=O)NCC(c2cccs2)S(=O)(=O)c2ccccc2)cc1C.